The maximum absolute atomic E-state index is 12.1. The van der Waals surface area contributed by atoms with Crippen LogP contribution >= 0.6 is 0 Å². The summed E-state index contributed by atoms with van der Waals surface area (Å²) in [6, 6.07) is 11.8. The van der Waals surface area contributed by atoms with Crippen LogP contribution < -0.4 is 14.8 Å². The molecule has 0 spiro atoms. The zero-order valence-corrected chi connectivity index (χ0v) is 16.7. The lowest BCUT2D eigenvalue weighted by Crippen LogP contribution is -2.41. The van der Waals surface area contributed by atoms with Gasteiger partial charge in [0.2, 0.25) is 0 Å². The summed E-state index contributed by atoms with van der Waals surface area (Å²) in [5, 5.41) is 14.1. The van der Waals surface area contributed by atoms with Gasteiger partial charge in [0.05, 0.1) is 29.2 Å². The van der Waals surface area contributed by atoms with Crippen LogP contribution in [0.25, 0.3) is 0 Å². The van der Waals surface area contributed by atoms with Gasteiger partial charge in [0.1, 0.15) is 13.2 Å². The van der Waals surface area contributed by atoms with Crippen molar-refractivity contribution in [3.8, 4) is 11.5 Å². The fourth-order valence-corrected chi connectivity index (χ4v) is 2.90. The number of methoxy groups -OCH3 is 1. The molecule has 0 aliphatic heterocycles. The first-order valence-electron chi connectivity index (χ1n) is 9.32. The van der Waals surface area contributed by atoms with Crippen molar-refractivity contribution in [3.05, 3.63) is 63.7 Å². The van der Waals surface area contributed by atoms with Gasteiger partial charge >= 0.3 is 6.09 Å². The van der Waals surface area contributed by atoms with E-state index in [1.54, 1.807) is 0 Å². The third-order valence-corrected chi connectivity index (χ3v) is 4.80. The summed E-state index contributed by atoms with van der Waals surface area (Å²) in [7, 11) is 1.38. The molecule has 3 rings (SSSR count). The molecule has 1 fully saturated rings. The maximum Gasteiger partial charge on any atom is 0.408 e. The molecule has 0 aromatic heterocycles. The average molecular weight is 414 g/mol. The molecule has 9 heteroatoms. The number of carbonyl (C=O) groups excluding carboxylic acids is 2. The van der Waals surface area contributed by atoms with E-state index in [1.807, 2.05) is 30.3 Å². The standard InChI is InChI=1S/C21H22N2O7/c1-14(24)16-10-18(28-2)19(11-17(16)23(26)27)30-13-21(8-9-21)22-20(25)29-12-15-6-4-3-5-7-15/h3-7,10-11H,8-9,12-13H2,1-2H3,(H,22,25). The van der Waals surface area contributed by atoms with Crippen LogP contribution in [-0.2, 0) is 11.3 Å². The van der Waals surface area contributed by atoms with Crippen LogP contribution in [0.1, 0.15) is 35.7 Å². The summed E-state index contributed by atoms with van der Waals surface area (Å²) >= 11 is 0. The maximum atomic E-state index is 12.1. The number of benzene rings is 2. The number of nitrogens with zero attached hydrogens (tertiary/aromatic N) is 1. The zero-order chi connectivity index (χ0) is 21.7. The molecule has 1 saturated carbocycles. The van der Waals surface area contributed by atoms with Crippen molar-refractivity contribution in [3.63, 3.8) is 0 Å². The lowest BCUT2D eigenvalue weighted by molar-refractivity contribution is -0.385. The Morgan fingerprint density at radius 1 is 1.17 bits per heavy atom. The van der Waals surface area contributed by atoms with Gasteiger partial charge in [-0.2, -0.15) is 0 Å². The van der Waals surface area contributed by atoms with Crippen LogP contribution in [0.3, 0.4) is 0 Å². The molecule has 1 amide bonds. The normalized spacial score (nSPS) is 13.8. The van der Waals surface area contributed by atoms with E-state index in [2.05, 4.69) is 5.32 Å². The molecule has 0 heterocycles. The quantitative estimate of drug-likeness (QED) is 0.378. The summed E-state index contributed by atoms with van der Waals surface area (Å²) in [6.45, 7) is 1.48. The number of rotatable bonds is 9. The molecule has 1 aliphatic carbocycles. The largest absolute Gasteiger partial charge is 0.493 e. The number of nitro benzene ring substituents is 1. The first-order chi connectivity index (χ1) is 14.3. The molecule has 2 aromatic carbocycles. The fourth-order valence-electron chi connectivity index (χ4n) is 2.90. The van der Waals surface area contributed by atoms with E-state index in [-0.39, 0.29) is 36.0 Å². The van der Waals surface area contributed by atoms with Crippen LogP contribution in [0.15, 0.2) is 42.5 Å². The lowest BCUT2D eigenvalue weighted by atomic mass is 10.1. The summed E-state index contributed by atoms with van der Waals surface area (Å²) < 4.78 is 16.2. The number of nitro groups is 1. The molecule has 0 atom stereocenters. The second-order valence-electron chi connectivity index (χ2n) is 7.09. The van der Waals surface area contributed by atoms with Crippen molar-refractivity contribution in [2.24, 2.45) is 0 Å². The van der Waals surface area contributed by atoms with Gasteiger partial charge in [0.25, 0.3) is 5.69 Å². The summed E-state index contributed by atoms with van der Waals surface area (Å²) in [5.74, 6) is -0.124. The Bertz CT molecular complexity index is 955. The predicted molar refractivity (Wildman–Crippen MR) is 107 cm³/mol. The molecule has 158 valence electrons. The third kappa shape index (κ3) is 5.05. The highest BCUT2D eigenvalue weighted by Crippen LogP contribution is 2.39. The van der Waals surface area contributed by atoms with Crippen LogP contribution in [0.4, 0.5) is 10.5 Å². The first-order valence-corrected chi connectivity index (χ1v) is 9.32. The third-order valence-electron chi connectivity index (χ3n) is 4.80. The topological polar surface area (TPSA) is 117 Å². The van der Waals surface area contributed by atoms with Gasteiger partial charge in [0.15, 0.2) is 17.3 Å². The Morgan fingerprint density at radius 3 is 2.43 bits per heavy atom. The SMILES string of the molecule is COc1cc(C(C)=O)c([N+](=O)[O-])cc1OCC1(NC(=O)OCc2ccccc2)CC1. The first kappa shape index (κ1) is 21.1. The van der Waals surface area contributed by atoms with Crippen molar-refractivity contribution < 1.29 is 28.7 Å². The fraction of sp³-hybridized carbons (Fsp3) is 0.333. The van der Waals surface area contributed by atoms with Crippen LogP contribution in [0.5, 0.6) is 11.5 Å². The number of hydrogen-bond acceptors (Lipinski definition) is 7. The number of alkyl carbamates (subject to hydrolysis) is 1. The van der Waals surface area contributed by atoms with E-state index < -0.39 is 22.3 Å². The smallest absolute Gasteiger partial charge is 0.408 e. The molecular formula is C21H22N2O7. The van der Waals surface area contributed by atoms with Crippen LogP contribution in [0, 0.1) is 10.1 Å². The number of nitrogens with one attached hydrogen (secondary N) is 1. The Morgan fingerprint density at radius 2 is 1.87 bits per heavy atom. The number of carbonyl (C=O) groups is 2. The molecule has 0 saturated heterocycles. The molecular weight excluding hydrogens is 392 g/mol. The Labute approximate surface area is 173 Å². The summed E-state index contributed by atoms with van der Waals surface area (Å²) in [6.07, 6.45) is 0.803. The van der Waals surface area contributed by atoms with Crippen molar-refractivity contribution in [1.29, 1.82) is 0 Å². The van der Waals surface area contributed by atoms with Crippen LogP contribution in [-0.4, -0.2) is 36.1 Å². The molecule has 2 aromatic rings. The van der Waals surface area contributed by atoms with Gasteiger partial charge in [-0.3, -0.25) is 14.9 Å². The zero-order valence-electron chi connectivity index (χ0n) is 16.7. The van der Waals surface area contributed by atoms with E-state index in [0.29, 0.717) is 12.8 Å². The minimum Gasteiger partial charge on any atom is -0.493 e. The minimum absolute atomic E-state index is 0.0621. The minimum atomic E-state index is -0.644. The Hall–Kier alpha value is -3.62. The van der Waals surface area contributed by atoms with Crippen molar-refractivity contribution in [2.45, 2.75) is 31.9 Å². The van der Waals surface area contributed by atoms with Gasteiger partial charge in [0, 0.05) is 6.07 Å². The van der Waals surface area contributed by atoms with Gasteiger partial charge in [-0.1, -0.05) is 30.3 Å². The van der Waals surface area contributed by atoms with E-state index in [4.69, 9.17) is 14.2 Å². The molecule has 30 heavy (non-hydrogen) atoms. The summed E-state index contributed by atoms with van der Waals surface area (Å²) in [4.78, 5) is 34.5. The van der Waals surface area contributed by atoms with Gasteiger partial charge in [-0.05, 0) is 25.3 Å². The highest BCUT2D eigenvalue weighted by molar-refractivity contribution is 5.98. The molecule has 0 radical (unpaired) electrons. The molecule has 0 unspecified atom stereocenters. The van der Waals surface area contributed by atoms with E-state index in [1.165, 1.54) is 26.2 Å². The highest BCUT2D eigenvalue weighted by Gasteiger charge is 2.46. The Balaban J connectivity index is 1.64. The van der Waals surface area contributed by atoms with E-state index >= 15 is 0 Å². The number of ether oxygens (including phenoxy) is 3. The lowest BCUT2D eigenvalue weighted by Gasteiger charge is -2.19. The van der Waals surface area contributed by atoms with E-state index in [9.17, 15) is 19.7 Å². The molecule has 1 aliphatic rings. The second kappa shape index (κ2) is 8.81. The Kier molecular flexibility index (Phi) is 6.20. The number of hydrogen-bond donors (Lipinski definition) is 1. The number of ketones is 1. The number of Topliss-reactive ketones (excluding diaryl/α,β-unsaturated/α-hetero) is 1. The molecule has 0 bridgehead atoms. The van der Waals surface area contributed by atoms with Gasteiger partial charge in [-0.25, -0.2) is 4.79 Å². The molecule has 9 nitrogen and oxygen atoms in total. The van der Waals surface area contributed by atoms with Crippen molar-refractivity contribution in [2.75, 3.05) is 13.7 Å². The van der Waals surface area contributed by atoms with Gasteiger partial charge < -0.3 is 19.5 Å². The number of amides is 1. The highest BCUT2D eigenvalue weighted by atomic mass is 16.6. The van der Waals surface area contributed by atoms with Crippen LogP contribution in [0.2, 0.25) is 0 Å². The predicted octanol–water partition coefficient (Wildman–Crippen LogP) is 3.64. The van der Waals surface area contributed by atoms with Crippen molar-refractivity contribution >= 4 is 17.6 Å². The van der Waals surface area contributed by atoms with E-state index in [0.717, 1.165) is 5.56 Å². The summed E-state index contributed by atoms with van der Waals surface area (Å²) in [5.41, 5.74) is -0.157. The second-order valence-corrected chi connectivity index (χ2v) is 7.09. The van der Waals surface area contributed by atoms with Crippen molar-refractivity contribution in [1.82, 2.24) is 5.32 Å². The average Bonchev–Trinajstić information content (AvgIpc) is 3.50. The monoisotopic (exact) mass is 414 g/mol. The molecule has 1 N–H and O–H groups in total. The van der Waals surface area contributed by atoms with Gasteiger partial charge in [-0.15, -0.1) is 0 Å².